The number of rotatable bonds is 6. The highest BCUT2D eigenvalue weighted by Crippen LogP contribution is 2.28. The largest absolute Gasteiger partial charge is 0.495 e. The van der Waals surface area contributed by atoms with Crippen LogP contribution < -0.4 is 20.3 Å². The first-order chi connectivity index (χ1) is 14.7. The standard InChI is InChI=1S/C23H20N4O3/c1-29-19-11-5-3-9-17(19)24-15-16-22(25-18-10-4-6-12-20(18)30-2)26-21-13-7-8-14-27(21)23(16)28/h3-15,25H,1-2H3. The minimum Gasteiger partial charge on any atom is -0.495 e. The number of hydrogen-bond donors (Lipinski definition) is 1. The third-order valence-corrected chi connectivity index (χ3v) is 4.55. The summed E-state index contributed by atoms with van der Waals surface area (Å²) in [6.45, 7) is 0. The molecule has 0 unspecified atom stereocenters. The lowest BCUT2D eigenvalue weighted by atomic mass is 10.2. The van der Waals surface area contributed by atoms with E-state index in [1.807, 2.05) is 54.6 Å². The van der Waals surface area contributed by atoms with Gasteiger partial charge in [-0.25, -0.2) is 4.98 Å². The zero-order valence-corrected chi connectivity index (χ0v) is 16.6. The molecule has 0 saturated carbocycles. The first kappa shape index (κ1) is 19.2. The van der Waals surface area contributed by atoms with Crippen LogP contribution in [0.25, 0.3) is 5.65 Å². The molecule has 0 aliphatic carbocycles. The summed E-state index contributed by atoms with van der Waals surface area (Å²) in [7, 11) is 3.17. The molecule has 7 nitrogen and oxygen atoms in total. The van der Waals surface area contributed by atoms with Crippen LogP contribution in [0.2, 0.25) is 0 Å². The topological polar surface area (TPSA) is 77.2 Å². The van der Waals surface area contributed by atoms with Gasteiger partial charge in [0.15, 0.2) is 0 Å². The number of anilines is 2. The number of nitrogens with one attached hydrogen (secondary N) is 1. The molecule has 4 rings (SSSR count). The van der Waals surface area contributed by atoms with Gasteiger partial charge in [-0.3, -0.25) is 14.2 Å². The predicted molar refractivity (Wildman–Crippen MR) is 118 cm³/mol. The van der Waals surface area contributed by atoms with E-state index < -0.39 is 0 Å². The molecule has 2 heterocycles. The lowest BCUT2D eigenvalue weighted by Crippen LogP contribution is -2.21. The molecule has 0 radical (unpaired) electrons. The molecule has 0 spiro atoms. The van der Waals surface area contributed by atoms with E-state index in [0.717, 1.165) is 0 Å². The van der Waals surface area contributed by atoms with Crippen LogP contribution in [0, 0.1) is 0 Å². The summed E-state index contributed by atoms with van der Waals surface area (Å²) in [5, 5.41) is 3.22. The van der Waals surface area contributed by atoms with Gasteiger partial charge in [0.05, 0.1) is 19.9 Å². The summed E-state index contributed by atoms with van der Waals surface area (Å²) < 4.78 is 12.2. The molecule has 0 bridgehead atoms. The Hall–Kier alpha value is -4.13. The molecule has 0 amide bonds. The molecule has 0 saturated heterocycles. The van der Waals surface area contributed by atoms with Crippen molar-refractivity contribution in [2.24, 2.45) is 4.99 Å². The number of pyridine rings is 1. The molecule has 1 N–H and O–H groups in total. The number of aliphatic imine (C=N–C) groups is 1. The molecule has 7 heteroatoms. The van der Waals surface area contributed by atoms with E-state index in [9.17, 15) is 4.79 Å². The molecule has 0 aliphatic heterocycles. The summed E-state index contributed by atoms with van der Waals surface area (Å²) in [5.41, 5.74) is 1.90. The Bertz CT molecular complexity index is 1280. The predicted octanol–water partition coefficient (Wildman–Crippen LogP) is 4.21. The Kier molecular flexibility index (Phi) is 5.43. The second kappa shape index (κ2) is 8.48. The molecular weight excluding hydrogens is 380 g/mol. The van der Waals surface area contributed by atoms with Gasteiger partial charge >= 0.3 is 0 Å². The summed E-state index contributed by atoms with van der Waals surface area (Å²) in [5.74, 6) is 1.64. The average Bonchev–Trinajstić information content (AvgIpc) is 2.79. The maximum atomic E-state index is 13.2. The molecule has 2 aromatic heterocycles. The van der Waals surface area contributed by atoms with Crippen LogP contribution >= 0.6 is 0 Å². The Morgan fingerprint density at radius 1 is 0.933 bits per heavy atom. The highest BCUT2D eigenvalue weighted by atomic mass is 16.5. The monoisotopic (exact) mass is 400 g/mol. The van der Waals surface area contributed by atoms with Crippen LogP contribution in [0.1, 0.15) is 5.56 Å². The van der Waals surface area contributed by atoms with Gasteiger partial charge in [-0.1, -0.05) is 30.3 Å². The van der Waals surface area contributed by atoms with Gasteiger partial charge in [0.2, 0.25) is 0 Å². The zero-order chi connectivity index (χ0) is 20.9. The Labute approximate surface area is 173 Å². The van der Waals surface area contributed by atoms with Crippen molar-refractivity contribution in [3.8, 4) is 11.5 Å². The van der Waals surface area contributed by atoms with Crippen LogP contribution in [-0.4, -0.2) is 29.8 Å². The number of nitrogens with zero attached hydrogens (tertiary/aromatic N) is 3. The van der Waals surface area contributed by atoms with Crippen molar-refractivity contribution in [3.05, 3.63) is 88.8 Å². The van der Waals surface area contributed by atoms with Crippen LogP contribution in [0.15, 0.2) is 82.7 Å². The second-order valence-electron chi connectivity index (χ2n) is 6.36. The van der Waals surface area contributed by atoms with Crippen molar-refractivity contribution in [2.45, 2.75) is 0 Å². The lowest BCUT2D eigenvalue weighted by Gasteiger charge is -2.13. The van der Waals surface area contributed by atoms with E-state index >= 15 is 0 Å². The Morgan fingerprint density at radius 3 is 2.43 bits per heavy atom. The van der Waals surface area contributed by atoms with E-state index in [1.165, 1.54) is 10.6 Å². The highest BCUT2D eigenvalue weighted by Gasteiger charge is 2.13. The van der Waals surface area contributed by atoms with E-state index in [-0.39, 0.29) is 5.56 Å². The fourth-order valence-electron chi connectivity index (χ4n) is 3.06. The molecule has 2 aromatic carbocycles. The minimum atomic E-state index is -0.239. The average molecular weight is 400 g/mol. The summed E-state index contributed by atoms with van der Waals surface area (Å²) in [4.78, 5) is 22.3. The summed E-state index contributed by atoms with van der Waals surface area (Å²) in [6, 6.07) is 20.2. The van der Waals surface area contributed by atoms with E-state index in [0.29, 0.717) is 39.9 Å². The van der Waals surface area contributed by atoms with Crippen LogP contribution in [-0.2, 0) is 0 Å². The molecule has 150 valence electrons. The summed E-state index contributed by atoms with van der Waals surface area (Å²) >= 11 is 0. The van der Waals surface area contributed by atoms with Crippen molar-refractivity contribution in [1.82, 2.24) is 9.38 Å². The second-order valence-corrected chi connectivity index (χ2v) is 6.36. The van der Waals surface area contributed by atoms with Gasteiger partial charge in [0, 0.05) is 12.4 Å². The number of aromatic nitrogens is 2. The van der Waals surface area contributed by atoms with Gasteiger partial charge in [0.25, 0.3) is 5.56 Å². The van der Waals surface area contributed by atoms with Crippen LogP contribution in [0.3, 0.4) is 0 Å². The number of benzene rings is 2. The minimum absolute atomic E-state index is 0.239. The SMILES string of the molecule is COc1ccccc1N=Cc1c(Nc2ccccc2OC)nc2ccccn2c1=O. The third kappa shape index (κ3) is 3.73. The number of para-hydroxylation sites is 4. The van der Waals surface area contributed by atoms with Gasteiger partial charge in [-0.2, -0.15) is 0 Å². The van der Waals surface area contributed by atoms with Crippen molar-refractivity contribution < 1.29 is 9.47 Å². The quantitative estimate of drug-likeness (QED) is 0.491. The lowest BCUT2D eigenvalue weighted by molar-refractivity contribution is 0.416. The molecule has 0 aliphatic rings. The van der Waals surface area contributed by atoms with Gasteiger partial charge in [0.1, 0.15) is 34.2 Å². The smallest absolute Gasteiger partial charge is 0.268 e. The molecule has 4 aromatic rings. The number of hydrogen-bond acceptors (Lipinski definition) is 6. The maximum Gasteiger partial charge on any atom is 0.268 e. The first-order valence-corrected chi connectivity index (χ1v) is 9.30. The number of fused-ring (bicyclic) bond motifs is 1. The van der Waals surface area contributed by atoms with Crippen molar-refractivity contribution in [3.63, 3.8) is 0 Å². The van der Waals surface area contributed by atoms with Gasteiger partial charge in [-0.05, 0) is 36.4 Å². The molecule has 0 fully saturated rings. The van der Waals surface area contributed by atoms with E-state index in [4.69, 9.17) is 9.47 Å². The third-order valence-electron chi connectivity index (χ3n) is 4.55. The fourth-order valence-corrected chi connectivity index (χ4v) is 3.06. The van der Waals surface area contributed by atoms with Gasteiger partial charge < -0.3 is 14.8 Å². The number of ether oxygens (including phenoxy) is 2. The first-order valence-electron chi connectivity index (χ1n) is 9.30. The maximum absolute atomic E-state index is 13.2. The highest BCUT2D eigenvalue weighted by molar-refractivity contribution is 5.90. The Balaban J connectivity index is 1.86. The number of methoxy groups -OCH3 is 2. The van der Waals surface area contributed by atoms with Crippen molar-refractivity contribution in [2.75, 3.05) is 19.5 Å². The van der Waals surface area contributed by atoms with Crippen LogP contribution in [0.4, 0.5) is 17.2 Å². The van der Waals surface area contributed by atoms with Crippen molar-refractivity contribution >= 4 is 29.1 Å². The summed E-state index contributed by atoms with van der Waals surface area (Å²) in [6.07, 6.45) is 3.18. The zero-order valence-electron chi connectivity index (χ0n) is 16.6. The normalized spacial score (nSPS) is 11.0. The van der Waals surface area contributed by atoms with Crippen LogP contribution in [0.5, 0.6) is 11.5 Å². The van der Waals surface area contributed by atoms with Crippen molar-refractivity contribution in [1.29, 1.82) is 0 Å². The Morgan fingerprint density at radius 2 is 1.63 bits per heavy atom. The molecular formula is C23H20N4O3. The van der Waals surface area contributed by atoms with Gasteiger partial charge in [-0.15, -0.1) is 0 Å². The van der Waals surface area contributed by atoms with E-state index in [1.54, 1.807) is 32.5 Å². The molecule has 0 atom stereocenters. The fraction of sp³-hybridized carbons (Fsp3) is 0.0870. The molecule has 30 heavy (non-hydrogen) atoms. The van der Waals surface area contributed by atoms with E-state index in [2.05, 4.69) is 15.3 Å².